The van der Waals surface area contributed by atoms with Gasteiger partial charge in [-0.25, -0.2) is 4.79 Å². The highest BCUT2D eigenvalue weighted by Gasteiger charge is 2.24. The van der Waals surface area contributed by atoms with Gasteiger partial charge in [-0.2, -0.15) is 0 Å². The van der Waals surface area contributed by atoms with Crippen LogP contribution in [0, 0.1) is 0 Å². The van der Waals surface area contributed by atoms with Crippen LogP contribution >= 0.6 is 0 Å². The molecule has 12 heavy (non-hydrogen) atoms. The van der Waals surface area contributed by atoms with Crippen molar-refractivity contribution in [2.24, 2.45) is 4.99 Å². The molecule has 0 saturated carbocycles. The number of carbonyl (C=O) groups is 2. The molecule has 5 heteroatoms. The van der Waals surface area contributed by atoms with Crippen molar-refractivity contribution < 1.29 is 19.1 Å². The van der Waals surface area contributed by atoms with Crippen LogP contribution in [0.4, 0.5) is 0 Å². The number of aliphatic imine (C=N–C) groups is 1. The maximum absolute atomic E-state index is 11.0. The molecule has 0 aromatic heterocycles. The molecule has 66 valence electrons. The van der Waals surface area contributed by atoms with Crippen LogP contribution in [0.1, 0.15) is 13.8 Å². The molecule has 0 aliphatic carbocycles. The predicted molar refractivity (Wildman–Crippen MR) is 38.5 cm³/mol. The van der Waals surface area contributed by atoms with Crippen LogP contribution in [0.5, 0.6) is 0 Å². The Bertz CT molecular complexity index is 234. The van der Waals surface area contributed by atoms with E-state index < -0.39 is 18.0 Å². The number of ether oxygens (including phenoxy) is 2. The minimum absolute atomic E-state index is 0.269. The molecule has 0 aromatic carbocycles. The second-order valence-corrected chi connectivity index (χ2v) is 2.52. The Morgan fingerprint density at radius 1 is 1.75 bits per heavy atom. The average molecular weight is 170 g/mol. The topological polar surface area (TPSA) is 65.0 Å². The number of rotatable bonds is 2. The van der Waals surface area contributed by atoms with E-state index in [-0.39, 0.29) is 6.10 Å². The number of hydrogen-bond acceptors (Lipinski definition) is 4. The largest absolute Gasteiger partial charge is 0.567 e. The Kier molecular flexibility index (Phi) is 2.42. The van der Waals surface area contributed by atoms with Crippen LogP contribution in [-0.2, 0) is 19.1 Å². The van der Waals surface area contributed by atoms with Gasteiger partial charge in [0, 0.05) is 6.40 Å². The zero-order chi connectivity index (χ0) is 9.14. The van der Waals surface area contributed by atoms with E-state index >= 15 is 0 Å². The van der Waals surface area contributed by atoms with Crippen LogP contribution < -0.4 is 0 Å². The van der Waals surface area contributed by atoms with Crippen LogP contribution in [-0.4, -0.2) is 30.5 Å². The lowest BCUT2D eigenvalue weighted by atomic mass is 10.3. The lowest BCUT2D eigenvalue weighted by Gasteiger charge is -2.14. The van der Waals surface area contributed by atoms with Gasteiger partial charge in [-0.15, -0.1) is 0 Å². The third kappa shape index (κ3) is 1.81. The first-order chi connectivity index (χ1) is 5.61. The van der Waals surface area contributed by atoms with Gasteiger partial charge in [0.25, 0.3) is 0 Å². The van der Waals surface area contributed by atoms with Gasteiger partial charge in [0.05, 0.1) is 6.10 Å². The third-order valence-corrected chi connectivity index (χ3v) is 1.12. The highest BCUT2D eigenvalue weighted by molar-refractivity contribution is 6.06. The van der Waals surface area contributed by atoms with E-state index in [1.807, 2.05) is 6.40 Å². The maximum Gasteiger partial charge on any atom is 0.336 e. The van der Waals surface area contributed by atoms with Gasteiger partial charge < -0.3 is 19.3 Å². The molecule has 0 N–H and O–H groups in total. The van der Waals surface area contributed by atoms with Gasteiger partial charge in [-0.1, -0.05) is 0 Å². The second-order valence-electron chi connectivity index (χ2n) is 2.52. The Balaban J connectivity index is 2.49. The molecule has 1 amide bonds. The molecule has 0 spiro atoms. The van der Waals surface area contributed by atoms with E-state index in [9.17, 15) is 9.59 Å². The molecule has 0 fully saturated rings. The number of esters is 1. The van der Waals surface area contributed by atoms with Gasteiger partial charge >= 0.3 is 5.97 Å². The van der Waals surface area contributed by atoms with Gasteiger partial charge in [-0.3, -0.25) is 0 Å². The fraction of sp³-hybridized carbons (Fsp3) is 0.571. The van der Waals surface area contributed by atoms with Crippen molar-refractivity contribution in [1.29, 1.82) is 0 Å². The molecule has 1 rings (SSSR count). The third-order valence-electron chi connectivity index (χ3n) is 1.12. The summed E-state index contributed by atoms with van der Waals surface area (Å²) in [7, 11) is 0. The number of carbonyl (C=O) groups excluding carboxylic acids is 2. The molecule has 1 atom stereocenters. The van der Waals surface area contributed by atoms with Crippen molar-refractivity contribution >= 4 is 18.3 Å². The van der Waals surface area contributed by atoms with Crippen molar-refractivity contribution in [3.63, 3.8) is 0 Å². The molecule has 0 unspecified atom stereocenters. The normalized spacial score (nSPS) is 21.2. The zero-order valence-corrected chi connectivity index (χ0v) is 6.73. The van der Waals surface area contributed by atoms with E-state index in [4.69, 9.17) is 4.74 Å². The number of hydrogen-bond donors (Lipinski definition) is 0. The summed E-state index contributed by atoms with van der Waals surface area (Å²) in [5.41, 5.74) is 0. The van der Waals surface area contributed by atoms with Gasteiger partial charge in [-0.05, 0) is 13.8 Å². The van der Waals surface area contributed by atoms with Crippen LogP contribution in [0.25, 0.3) is 0 Å². The summed E-state index contributed by atoms with van der Waals surface area (Å²) in [6.07, 6.45) is 0.439. The first kappa shape index (κ1) is 8.70. The first-order valence-corrected chi connectivity index (χ1v) is 3.47. The lowest BCUT2D eigenvalue weighted by Crippen LogP contribution is -2.31. The number of amides is 1. The summed E-state index contributed by atoms with van der Waals surface area (Å²) in [5.74, 6) is -1.38. The van der Waals surface area contributed by atoms with Crippen LogP contribution in [0.15, 0.2) is 4.99 Å². The SMILES string of the molecule is CC(C)OC(=O)[C@@H]1O[C-]=NC1=O. The average Bonchev–Trinajstić information content (AvgIpc) is 2.33. The van der Waals surface area contributed by atoms with E-state index in [1.54, 1.807) is 13.8 Å². The molecule has 1 heterocycles. The molecule has 1 aliphatic rings. The summed E-state index contributed by atoms with van der Waals surface area (Å²) in [5, 5.41) is 0. The van der Waals surface area contributed by atoms with E-state index in [0.717, 1.165) is 0 Å². The summed E-state index contributed by atoms with van der Waals surface area (Å²) >= 11 is 0. The fourth-order valence-corrected chi connectivity index (χ4v) is 0.676. The highest BCUT2D eigenvalue weighted by atomic mass is 16.6. The predicted octanol–water partition coefficient (Wildman–Crippen LogP) is -0.231. The van der Waals surface area contributed by atoms with Crippen molar-refractivity contribution in [3.8, 4) is 0 Å². The van der Waals surface area contributed by atoms with Crippen molar-refractivity contribution in [3.05, 3.63) is 0 Å². The number of nitrogens with zero attached hydrogens (tertiary/aromatic N) is 1. The molecule has 0 aromatic rings. The van der Waals surface area contributed by atoms with Crippen molar-refractivity contribution in [2.45, 2.75) is 26.1 Å². The fourth-order valence-electron chi connectivity index (χ4n) is 0.676. The van der Waals surface area contributed by atoms with E-state index in [2.05, 4.69) is 9.73 Å². The smallest absolute Gasteiger partial charge is 0.336 e. The summed E-state index contributed by atoms with van der Waals surface area (Å²) < 4.78 is 9.21. The lowest BCUT2D eigenvalue weighted by molar-refractivity contribution is -0.158. The summed E-state index contributed by atoms with van der Waals surface area (Å²) in [6, 6.07) is 0. The van der Waals surface area contributed by atoms with Crippen molar-refractivity contribution in [2.75, 3.05) is 0 Å². The summed E-state index contributed by atoms with van der Waals surface area (Å²) in [6.45, 7) is 3.36. The monoisotopic (exact) mass is 170 g/mol. The Labute approximate surface area is 69.4 Å². The van der Waals surface area contributed by atoms with Crippen molar-refractivity contribution in [1.82, 2.24) is 0 Å². The quantitative estimate of drug-likeness (QED) is 0.326. The molecule has 0 bridgehead atoms. The van der Waals surface area contributed by atoms with Gasteiger partial charge in [0.2, 0.25) is 0 Å². The molecule has 1 aliphatic heterocycles. The first-order valence-electron chi connectivity index (χ1n) is 3.47. The second kappa shape index (κ2) is 3.34. The molecule has 0 radical (unpaired) electrons. The highest BCUT2D eigenvalue weighted by Crippen LogP contribution is 2.04. The standard InChI is InChI=1S/C7H8NO4/c1-4(2)12-7(10)5-6(9)8-3-11-5/h4-5H,1-2H3/q-1/t5-/m1/s1. The minimum atomic E-state index is -1.24. The van der Waals surface area contributed by atoms with Crippen LogP contribution in [0.2, 0.25) is 0 Å². The van der Waals surface area contributed by atoms with Gasteiger partial charge in [0.15, 0.2) is 6.10 Å². The molecular formula is C7H8NO4-. The summed E-state index contributed by atoms with van der Waals surface area (Å²) in [4.78, 5) is 24.9. The minimum Gasteiger partial charge on any atom is -0.567 e. The molecule has 5 nitrogen and oxygen atoms in total. The Hall–Kier alpha value is -1.39. The molecular weight excluding hydrogens is 162 g/mol. The zero-order valence-electron chi connectivity index (χ0n) is 6.73. The molecule has 0 saturated heterocycles. The van der Waals surface area contributed by atoms with E-state index in [1.165, 1.54) is 0 Å². The van der Waals surface area contributed by atoms with E-state index in [0.29, 0.717) is 0 Å². The van der Waals surface area contributed by atoms with Gasteiger partial charge in [0.1, 0.15) is 5.91 Å². The maximum atomic E-state index is 11.0. The Morgan fingerprint density at radius 2 is 2.42 bits per heavy atom. The Morgan fingerprint density at radius 3 is 2.83 bits per heavy atom. The van der Waals surface area contributed by atoms with Crippen LogP contribution in [0.3, 0.4) is 0 Å².